The number of ether oxygens (including phenoxy) is 2. The molecule has 1 aliphatic heterocycles. The van der Waals surface area contributed by atoms with Gasteiger partial charge in [0.2, 0.25) is 0 Å². The lowest BCUT2D eigenvalue weighted by molar-refractivity contribution is 0.0825. The fraction of sp³-hybridized carbons (Fsp3) is 0.400. The second-order valence-corrected chi connectivity index (χ2v) is 5.94. The Balaban J connectivity index is 1.69. The van der Waals surface area contributed by atoms with Crippen molar-refractivity contribution in [2.75, 3.05) is 12.4 Å². The first-order chi connectivity index (χ1) is 10.8. The van der Waals surface area contributed by atoms with Crippen molar-refractivity contribution in [3.05, 3.63) is 30.1 Å². The second kappa shape index (κ2) is 6.71. The molecule has 6 nitrogen and oxygen atoms in total. The Kier molecular flexibility index (Phi) is 4.49. The van der Waals surface area contributed by atoms with Gasteiger partial charge >= 0.3 is 0 Å². The van der Waals surface area contributed by atoms with E-state index in [2.05, 4.69) is 16.3 Å². The lowest BCUT2D eigenvalue weighted by Crippen LogP contribution is -2.24. The molecule has 0 saturated carbocycles. The van der Waals surface area contributed by atoms with Crippen LogP contribution in [0.25, 0.3) is 0 Å². The van der Waals surface area contributed by atoms with E-state index in [1.165, 1.54) is 0 Å². The van der Waals surface area contributed by atoms with Gasteiger partial charge in [0.25, 0.3) is 0 Å². The summed E-state index contributed by atoms with van der Waals surface area (Å²) in [4.78, 5) is 0. The molecule has 114 valence electrons. The summed E-state index contributed by atoms with van der Waals surface area (Å²) in [6, 6.07) is 9.75. The predicted octanol–water partition coefficient (Wildman–Crippen LogP) is 2.72. The van der Waals surface area contributed by atoms with Crippen LogP contribution in [0.4, 0.5) is 0 Å². The molecular weight excluding hydrogens is 300 g/mol. The fourth-order valence-electron chi connectivity index (χ4n) is 2.19. The van der Waals surface area contributed by atoms with Crippen LogP contribution >= 0.6 is 11.8 Å². The molecule has 1 aromatic carbocycles. The second-order valence-electron chi connectivity index (χ2n) is 4.87. The van der Waals surface area contributed by atoms with E-state index in [0.717, 1.165) is 34.7 Å². The largest absolute Gasteiger partial charge is 0.485 e. The summed E-state index contributed by atoms with van der Waals surface area (Å²) in [7, 11) is 1.92. The summed E-state index contributed by atoms with van der Waals surface area (Å²) >= 11 is 1.60. The Morgan fingerprint density at radius 2 is 2.18 bits per heavy atom. The van der Waals surface area contributed by atoms with Gasteiger partial charge in [-0.15, -0.1) is 10.2 Å². The highest BCUT2D eigenvalue weighted by Crippen LogP contribution is 2.35. The van der Waals surface area contributed by atoms with Crippen LogP contribution in [-0.2, 0) is 7.05 Å². The molecule has 1 atom stereocenters. The molecule has 0 bridgehead atoms. The van der Waals surface area contributed by atoms with Crippen LogP contribution in [0.15, 0.2) is 29.4 Å². The zero-order valence-corrected chi connectivity index (χ0v) is 13.0. The van der Waals surface area contributed by atoms with Crippen molar-refractivity contribution in [1.29, 1.82) is 5.26 Å². The van der Waals surface area contributed by atoms with Crippen LogP contribution in [0, 0.1) is 11.3 Å². The molecule has 7 heteroatoms. The number of unbranched alkanes of at least 4 members (excludes halogenated alkanes) is 1. The van der Waals surface area contributed by atoms with Crippen molar-refractivity contribution in [3.63, 3.8) is 0 Å². The maximum Gasteiger partial charge on any atom is 0.192 e. The van der Waals surface area contributed by atoms with E-state index in [-0.39, 0.29) is 6.10 Å². The molecular formula is C15H16N4O2S. The van der Waals surface area contributed by atoms with E-state index in [0.29, 0.717) is 13.0 Å². The first-order valence-electron chi connectivity index (χ1n) is 7.07. The van der Waals surface area contributed by atoms with Crippen molar-refractivity contribution in [1.82, 2.24) is 14.8 Å². The van der Waals surface area contributed by atoms with Crippen LogP contribution in [-0.4, -0.2) is 27.1 Å². The van der Waals surface area contributed by atoms with E-state index in [4.69, 9.17) is 14.7 Å². The number of nitrogens with zero attached hydrogens (tertiary/aromatic N) is 4. The minimum absolute atomic E-state index is 0.263. The number of aromatic nitrogens is 3. The summed E-state index contributed by atoms with van der Waals surface area (Å²) in [5.74, 6) is 3.08. The van der Waals surface area contributed by atoms with Crippen molar-refractivity contribution in [2.45, 2.75) is 24.1 Å². The van der Waals surface area contributed by atoms with Gasteiger partial charge in [-0.25, -0.2) is 0 Å². The average Bonchev–Trinajstić information content (AvgIpc) is 2.92. The maximum absolute atomic E-state index is 8.55. The van der Waals surface area contributed by atoms with Gasteiger partial charge in [-0.2, -0.15) is 5.26 Å². The molecule has 0 fully saturated rings. The molecule has 2 aromatic rings. The lowest BCUT2D eigenvalue weighted by atomic mass is 10.2. The van der Waals surface area contributed by atoms with Crippen LogP contribution in [0.1, 0.15) is 24.8 Å². The molecule has 1 unspecified atom stereocenters. The standard InChI is InChI=1S/C15H16N4O2S/c1-19-14(17-18-15(19)22-9-5-4-8-16)13-10-20-11-6-2-3-7-12(11)21-13/h2-3,6-7,13H,4-5,9-10H2,1H3. The molecule has 0 aliphatic carbocycles. The van der Waals surface area contributed by atoms with Crippen LogP contribution in [0.3, 0.4) is 0 Å². The molecule has 0 amide bonds. The third-order valence-electron chi connectivity index (χ3n) is 3.33. The molecule has 0 radical (unpaired) electrons. The van der Waals surface area contributed by atoms with Gasteiger partial charge in [-0.3, -0.25) is 0 Å². The fourth-order valence-corrected chi connectivity index (χ4v) is 3.05. The first-order valence-corrected chi connectivity index (χ1v) is 8.05. The normalized spacial score (nSPS) is 16.3. The summed E-state index contributed by atoms with van der Waals surface area (Å²) in [6.45, 7) is 0.419. The Morgan fingerprint density at radius 1 is 1.36 bits per heavy atom. The van der Waals surface area contributed by atoms with E-state index >= 15 is 0 Å². The van der Waals surface area contributed by atoms with Gasteiger partial charge < -0.3 is 14.0 Å². The highest BCUT2D eigenvalue weighted by atomic mass is 32.2. The van der Waals surface area contributed by atoms with Crippen LogP contribution in [0.2, 0.25) is 0 Å². The highest BCUT2D eigenvalue weighted by Gasteiger charge is 2.27. The number of nitriles is 1. The Bertz CT molecular complexity index is 695. The third-order valence-corrected chi connectivity index (χ3v) is 4.44. The zero-order valence-electron chi connectivity index (χ0n) is 12.2. The van der Waals surface area contributed by atoms with Crippen LogP contribution < -0.4 is 9.47 Å². The summed E-state index contributed by atoms with van der Waals surface area (Å²) in [5.41, 5.74) is 0. The molecule has 3 rings (SSSR count). The minimum Gasteiger partial charge on any atom is -0.485 e. The third kappa shape index (κ3) is 3.02. The number of benzene rings is 1. The molecule has 1 aromatic heterocycles. The van der Waals surface area contributed by atoms with Crippen molar-refractivity contribution < 1.29 is 9.47 Å². The van der Waals surface area contributed by atoms with Gasteiger partial charge in [0, 0.05) is 19.2 Å². The van der Waals surface area contributed by atoms with E-state index in [1.807, 2.05) is 35.9 Å². The first kappa shape index (κ1) is 14.7. The highest BCUT2D eigenvalue weighted by molar-refractivity contribution is 7.99. The molecule has 0 N–H and O–H groups in total. The Morgan fingerprint density at radius 3 is 3.00 bits per heavy atom. The number of thioether (sulfide) groups is 1. The van der Waals surface area contributed by atoms with E-state index in [9.17, 15) is 0 Å². The summed E-state index contributed by atoms with van der Waals surface area (Å²) < 4.78 is 13.6. The summed E-state index contributed by atoms with van der Waals surface area (Å²) in [6.07, 6.45) is 1.15. The van der Waals surface area contributed by atoms with E-state index < -0.39 is 0 Å². The summed E-state index contributed by atoms with van der Waals surface area (Å²) in [5, 5.41) is 17.8. The Labute approximate surface area is 133 Å². The molecule has 22 heavy (non-hydrogen) atoms. The molecule has 2 heterocycles. The quantitative estimate of drug-likeness (QED) is 0.624. The topological polar surface area (TPSA) is 73.0 Å². The van der Waals surface area contributed by atoms with Crippen molar-refractivity contribution in [2.24, 2.45) is 7.05 Å². The molecule has 1 aliphatic rings. The van der Waals surface area contributed by atoms with Gasteiger partial charge in [-0.1, -0.05) is 23.9 Å². The number of hydrogen-bond acceptors (Lipinski definition) is 6. The average molecular weight is 316 g/mol. The van der Waals surface area contributed by atoms with E-state index in [1.54, 1.807) is 11.8 Å². The number of hydrogen-bond donors (Lipinski definition) is 0. The number of para-hydroxylation sites is 2. The number of fused-ring (bicyclic) bond motifs is 1. The lowest BCUT2D eigenvalue weighted by Gasteiger charge is -2.25. The predicted molar refractivity (Wildman–Crippen MR) is 81.9 cm³/mol. The maximum atomic E-state index is 8.55. The van der Waals surface area contributed by atoms with Crippen molar-refractivity contribution >= 4 is 11.8 Å². The van der Waals surface area contributed by atoms with Crippen molar-refractivity contribution in [3.8, 4) is 17.6 Å². The van der Waals surface area contributed by atoms with Gasteiger partial charge in [0.15, 0.2) is 28.6 Å². The number of rotatable bonds is 5. The minimum atomic E-state index is -0.263. The zero-order chi connectivity index (χ0) is 15.4. The monoisotopic (exact) mass is 316 g/mol. The van der Waals surface area contributed by atoms with Gasteiger partial charge in [-0.05, 0) is 18.6 Å². The smallest absolute Gasteiger partial charge is 0.192 e. The van der Waals surface area contributed by atoms with Gasteiger partial charge in [0.05, 0.1) is 6.07 Å². The molecule has 0 saturated heterocycles. The SMILES string of the molecule is Cn1c(SCCCC#N)nnc1C1COc2ccccc2O1. The Hall–Kier alpha value is -2.20. The van der Waals surface area contributed by atoms with Crippen LogP contribution in [0.5, 0.6) is 11.5 Å². The molecule has 0 spiro atoms. The van der Waals surface area contributed by atoms with Gasteiger partial charge in [0.1, 0.15) is 6.61 Å².